The van der Waals surface area contributed by atoms with E-state index in [1.165, 1.54) is 19.3 Å². The van der Waals surface area contributed by atoms with Gasteiger partial charge in [0.05, 0.1) is 0 Å². The molecule has 2 unspecified atom stereocenters. The lowest BCUT2D eigenvalue weighted by atomic mass is 9.98. The molecule has 1 aromatic heterocycles. The third-order valence-electron chi connectivity index (χ3n) is 5.03. The van der Waals surface area contributed by atoms with E-state index in [1.807, 2.05) is 10.8 Å². The maximum absolute atomic E-state index is 11.5. The molecule has 5 nitrogen and oxygen atoms in total. The standard InChI is InChI=1S/C16H25N3O2/c1-2-18-9-4-3-6-12(18)10-15-17-11-13-7-5-8-14(16(20)21)19(13)15/h11-12,14H,2-10H2,1H3,(H,20,21). The zero-order valence-corrected chi connectivity index (χ0v) is 12.8. The number of hydrogen-bond donors (Lipinski definition) is 1. The van der Waals surface area contributed by atoms with Crippen LogP contribution in [0.4, 0.5) is 0 Å². The van der Waals surface area contributed by atoms with E-state index < -0.39 is 12.0 Å². The van der Waals surface area contributed by atoms with E-state index in [9.17, 15) is 9.90 Å². The van der Waals surface area contributed by atoms with Crippen molar-refractivity contribution >= 4 is 5.97 Å². The predicted octanol–water partition coefficient (Wildman–Crippen LogP) is 2.26. The van der Waals surface area contributed by atoms with Crippen molar-refractivity contribution in [3.8, 4) is 0 Å². The average Bonchev–Trinajstić information content (AvgIpc) is 2.91. The number of aromatic nitrogens is 2. The van der Waals surface area contributed by atoms with E-state index in [0.717, 1.165) is 50.3 Å². The third kappa shape index (κ3) is 2.84. The first-order valence-electron chi connectivity index (χ1n) is 8.22. The second-order valence-electron chi connectivity index (χ2n) is 6.26. The molecule has 0 radical (unpaired) electrons. The molecule has 1 N–H and O–H groups in total. The second kappa shape index (κ2) is 6.18. The smallest absolute Gasteiger partial charge is 0.326 e. The number of carbonyl (C=O) groups is 1. The quantitative estimate of drug-likeness (QED) is 0.924. The number of aryl methyl sites for hydroxylation is 1. The number of likely N-dealkylation sites (N-methyl/N-ethyl adjacent to an activating group) is 1. The normalized spacial score (nSPS) is 26.5. The summed E-state index contributed by atoms with van der Waals surface area (Å²) < 4.78 is 2.01. The maximum Gasteiger partial charge on any atom is 0.326 e. The number of rotatable bonds is 4. The molecule has 1 saturated heterocycles. The van der Waals surface area contributed by atoms with Crippen LogP contribution in [0.1, 0.15) is 56.6 Å². The Labute approximate surface area is 126 Å². The lowest BCUT2D eigenvalue weighted by molar-refractivity contribution is -0.141. The van der Waals surface area contributed by atoms with Crippen LogP contribution in [0.25, 0.3) is 0 Å². The molecular weight excluding hydrogens is 266 g/mol. The molecule has 116 valence electrons. The van der Waals surface area contributed by atoms with E-state index in [0.29, 0.717) is 6.04 Å². The molecule has 0 amide bonds. The topological polar surface area (TPSA) is 58.4 Å². The lowest BCUT2D eigenvalue weighted by Crippen LogP contribution is -2.41. The highest BCUT2D eigenvalue weighted by Crippen LogP contribution is 2.29. The molecular formula is C16H25N3O2. The van der Waals surface area contributed by atoms with Crippen molar-refractivity contribution < 1.29 is 9.90 Å². The third-order valence-corrected chi connectivity index (χ3v) is 5.03. The van der Waals surface area contributed by atoms with E-state index >= 15 is 0 Å². The van der Waals surface area contributed by atoms with Gasteiger partial charge in [-0.25, -0.2) is 9.78 Å². The fourth-order valence-corrected chi connectivity index (χ4v) is 3.91. The minimum Gasteiger partial charge on any atom is -0.480 e. The minimum absolute atomic E-state index is 0.412. The number of aliphatic carboxylic acids is 1. The molecule has 0 spiro atoms. The first-order valence-corrected chi connectivity index (χ1v) is 8.22. The van der Waals surface area contributed by atoms with E-state index in [2.05, 4.69) is 16.8 Å². The molecule has 3 heterocycles. The van der Waals surface area contributed by atoms with Gasteiger partial charge in [-0.1, -0.05) is 13.3 Å². The van der Waals surface area contributed by atoms with Gasteiger partial charge in [-0.05, 0) is 45.2 Å². The van der Waals surface area contributed by atoms with Gasteiger partial charge in [0.2, 0.25) is 0 Å². The van der Waals surface area contributed by atoms with Gasteiger partial charge in [-0.2, -0.15) is 0 Å². The van der Waals surface area contributed by atoms with Gasteiger partial charge in [0.1, 0.15) is 11.9 Å². The Balaban J connectivity index is 1.83. The van der Waals surface area contributed by atoms with Crippen LogP contribution in [-0.4, -0.2) is 44.7 Å². The van der Waals surface area contributed by atoms with Gasteiger partial charge in [-0.15, -0.1) is 0 Å². The van der Waals surface area contributed by atoms with Crippen LogP contribution in [0.5, 0.6) is 0 Å². The van der Waals surface area contributed by atoms with Crippen LogP contribution in [0.2, 0.25) is 0 Å². The first kappa shape index (κ1) is 14.6. The summed E-state index contributed by atoms with van der Waals surface area (Å²) in [5.41, 5.74) is 1.10. The van der Waals surface area contributed by atoms with Crippen molar-refractivity contribution in [2.75, 3.05) is 13.1 Å². The number of carboxylic acid groups (broad SMARTS) is 1. The Kier molecular flexibility index (Phi) is 4.29. The number of piperidine rings is 1. The van der Waals surface area contributed by atoms with Crippen LogP contribution >= 0.6 is 0 Å². The van der Waals surface area contributed by atoms with Crippen LogP contribution < -0.4 is 0 Å². The highest BCUT2D eigenvalue weighted by Gasteiger charge is 2.30. The van der Waals surface area contributed by atoms with Crippen molar-refractivity contribution in [2.45, 2.75) is 64.0 Å². The second-order valence-corrected chi connectivity index (χ2v) is 6.26. The SMILES string of the molecule is CCN1CCCCC1Cc1ncc2n1C(C(=O)O)CCC2. The number of carboxylic acids is 1. The van der Waals surface area contributed by atoms with Gasteiger partial charge in [-0.3, -0.25) is 0 Å². The monoisotopic (exact) mass is 291 g/mol. The van der Waals surface area contributed by atoms with Crippen molar-refractivity contribution in [1.82, 2.24) is 14.5 Å². The fourth-order valence-electron chi connectivity index (χ4n) is 3.91. The van der Waals surface area contributed by atoms with Crippen molar-refractivity contribution in [2.24, 2.45) is 0 Å². The Hall–Kier alpha value is -1.36. The van der Waals surface area contributed by atoms with Gasteiger partial charge in [0.25, 0.3) is 0 Å². The first-order chi connectivity index (χ1) is 10.2. The number of likely N-dealkylation sites (tertiary alicyclic amines) is 1. The highest BCUT2D eigenvalue weighted by atomic mass is 16.4. The number of fused-ring (bicyclic) bond motifs is 1. The molecule has 2 aliphatic rings. The maximum atomic E-state index is 11.5. The van der Waals surface area contributed by atoms with Crippen LogP contribution in [0.3, 0.4) is 0 Å². The highest BCUT2D eigenvalue weighted by molar-refractivity contribution is 5.72. The molecule has 1 aromatic rings. The summed E-state index contributed by atoms with van der Waals surface area (Å²) in [7, 11) is 0. The van der Waals surface area contributed by atoms with Gasteiger partial charge in [0, 0.05) is 24.4 Å². The molecule has 2 atom stereocenters. The summed E-state index contributed by atoms with van der Waals surface area (Å²) in [6, 6.07) is 0.108. The molecule has 21 heavy (non-hydrogen) atoms. The molecule has 0 aliphatic carbocycles. The van der Waals surface area contributed by atoms with E-state index in [-0.39, 0.29) is 0 Å². The Morgan fingerprint density at radius 3 is 3.00 bits per heavy atom. The fraction of sp³-hybridized carbons (Fsp3) is 0.750. The number of nitrogens with zero attached hydrogens (tertiary/aromatic N) is 3. The van der Waals surface area contributed by atoms with Crippen LogP contribution in [-0.2, 0) is 17.6 Å². The molecule has 0 saturated carbocycles. The van der Waals surface area contributed by atoms with Crippen molar-refractivity contribution in [3.63, 3.8) is 0 Å². The Morgan fingerprint density at radius 2 is 2.24 bits per heavy atom. The summed E-state index contributed by atoms with van der Waals surface area (Å²) in [4.78, 5) is 18.6. The number of hydrogen-bond acceptors (Lipinski definition) is 3. The van der Waals surface area contributed by atoms with Gasteiger partial charge >= 0.3 is 5.97 Å². The van der Waals surface area contributed by atoms with Crippen LogP contribution in [0, 0.1) is 0 Å². The zero-order valence-electron chi connectivity index (χ0n) is 12.8. The van der Waals surface area contributed by atoms with Gasteiger partial charge < -0.3 is 14.6 Å². The summed E-state index contributed by atoms with van der Waals surface area (Å²) in [6.45, 7) is 4.44. The minimum atomic E-state index is -0.716. The van der Waals surface area contributed by atoms with Crippen molar-refractivity contribution in [3.05, 3.63) is 17.7 Å². The Bertz CT molecular complexity index is 512. The molecule has 3 rings (SSSR count). The van der Waals surface area contributed by atoms with Crippen molar-refractivity contribution in [1.29, 1.82) is 0 Å². The predicted molar refractivity (Wildman–Crippen MR) is 80.4 cm³/mol. The molecule has 0 bridgehead atoms. The summed E-state index contributed by atoms with van der Waals surface area (Å²) >= 11 is 0. The molecule has 2 aliphatic heterocycles. The molecule has 1 fully saturated rings. The molecule has 0 aromatic carbocycles. The zero-order chi connectivity index (χ0) is 14.8. The van der Waals surface area contributed by atoms with Crippen LogP contribution in [0.15, 0.2) is 6.20 Å². The largest absolute Gasteiger partial charge is 0.480 e. The Morgan fingerprint density at radius 1 is 1.38 bits per heavy atom. The summed E-state index contributed by atoms with van der Waals surface area (Å²) in [5, 5.41) is 9.47. The lowest BCUT2D eigenvalue weighted by Gasteiger charge is -2.35. The summed E-state index contributed by atoms with van der Waals surface area (Å²) in [6.07, 6.45) is 9.17. The van der Waals surface area contributed by atoms with E-state index in [4.69, 9.17) is 0 Å². The summed E-state index contributed by atoms with van der Waals surface area (Å²) in [5.74, 6) is 0.258. The number of imidazole rings is 1. The molecule has 5 heteroatoms. The van der Waals surface area contributed by atoms with E-state index in [1.54, 1.807) is 0 Å². The average molecular weight is 291 g/mol. The van der Waals surface area contributed by atoms with Gasteiger partial charge in [0.15, 0.2) is 0 Å².